The van der Waals surface area contributed by atoms with E-state index in [4.69, 9.17) is 52.1 Å². The summed E-state index contributed by atoms with van der Waals surface area (Å²) in [6.07, 6.45) is -40.6. The first-order valence-corrected chi connectivity index (χ1v) is 31.0. The highest BCUT2D eigenvalue weighted by Crippen LogP contribution is 2.71. The molecule has 6 heterocycles. The van der Waals surface area contributed by atoms with Crippen molar-refractivity contribution in [3.05, 3.63) is 0 Å². The lowest BCUT2D eigenvalue weighted by atomic mass is 9.44. The van der Waals surface area contributed by atoms with Gasteiger partial charge in [0.1, 0.15) is 122 Å². The van der Waals surface area contributed by atoms with Gasteiger partial charge in [0.05, 0.1) is 58.0 Å². The van der Waals surface area contributed by atoms with Gasteiger partial charge in [0.25, 0.3) is 0 Å². The molecule has 4 aliphatic carbocycles. The SMILES string of the molecule is C[C@H](CC[C@@]1(O)O[C@H]2C[C@H]3[C@@H]4CC[C@H]5C[C@@H](O[C@H]6O[C@H](CO)[C@H](O[C@@H]7O[C@H](CO)[C@@H](O)[C@H](O[C@@H]8O[C@H](CO)[C@@H](O)[C@H](O)[C@H]8O)[C@H]7O[C@@H]7O[C@H](CO)[C@@H](O)[C@H](O)[C@H]7O)[C@H](O)[C@H]6O)[C@H](O)C[C@]5(C)[C@H]4CC[C@]3(C)[C@H]2[C@@H]1C)CO[C@@H]1O[C@H](CO)[C@@H](O)[C@H](O)[C@H]1O. The van der Waals surface area contributed by atoms with Gasteiger partial charge in [-0.05, 0) is 97.7 Å². The van der Waals surface area contributed by atoms with Crippen molar-refractivity contribution in [3.63, 3.8) is 0 Å². The minimum absolute atomic E-state index is 0.0665. The number of aliphatic hydroxyl groups excluding tert-OH is 18. The van der Waals surface area contributed by atoms with Crippen molar-refractivity contribution < 1.29 is 149 Å². The molecule has 0 bridgehead atoms. The topological polar surface area (TPSA) is 486 Å². The molecule has 6 saturated heterocycles. The largest absolute Gasteiger partial charge is 0.394 e. The zero-order valence-corrected chi connectivity index (χ0v) is 49.3. The summed E-state index contributed by atoms with van der Waals surface area (Å²) >= 11 is 0. The van der Waals surface area contributed by atoms with Gasteiger partial charge >= 0.3 is 0 Å². The average molecular weight is 1260 g/mol. The third-order valence-electron chi connectivity index (χ3n) is 22.2. The zero-order chi connectivity index (χ0) is 63.1. The summed E-state index contributed by atoms with van der Waals surface area (Å²) in [7, 11) is 0. The van der Waals surface area contributed by atoms with Gasteiger partial charge in [0.2, 0.25) is 0 Å². The van der Waals surface area contributed by atoms with E-state index in [0.29, 0.717) is 37.5 Å². The lowest BCUT2D eigenvalue weighted by molar-refractivity contribution is -0.407. The van der Waals surface area contributed by atoms with Crippen LogP contribution in [0.4, 0.5) is 0 Å². The normalized spacial score (nSPS) is 55.6. The highest BCUT2D eigenvalue weighted by atomic mass is 16.8. The minimum Gasteiger partial charge on any atom is -0.394 e. The van der Waals surface area contributed by atoms with E-state index in [0.717, 1.165) is 32.1 Å². The van der Waals surface area contributed by atoms with Crippen LogP contribution in [0, 0.1) is 52.3 Å². The van der Waals surface area contributed by atoms with Gasteiger partial charge in [-0.25, -0.2) is 0 Å². The minimum atomic E-state index is -2.09. The number of fused-ring (bicyclic) bond motifs is 7. The Balaban J connectivity index is 0.777. The van der Waals surface area contributed by atoms with E-state index in [9.17, 15) is 97.0 Å². The van der Waals surface area contributed by atoms with Gasteiger partial charge in [-0.3, -0.25) is 0 Å². The molecule has 6 aliphatic heterocycles. The van der Waals surface area contributed by atoms with Gasteiger partial charge in [-0.1, -0.05) is 27.7 Å². The molecule has 504 valence electrons. The van der Waals surface area contributed by atoms with Gasteiger partial charge in [0.15, 0.2) is 37.2 Å². The molecular formula is C57H96O30. The second-order valence-electron chi connectivity index (χ2n) is 27.2. The maximum atomic E-state index is 12.2. The Morgan fingerprint density at radius 2 is 0.966 bits per heavy atom. The molecule has 0 aromatic carbocycles. The lowest BCUT2D eigenvalue weighted by Crippen LogP contribution is -2.69. The molecular weight excluding hydrogens is 1160 g/mol. The van der Waals surface area contributed by atoms with E-state index in [1.807, 2.05) is 6.92 Å². The van der Waals surface area contributed by atoms with Gasteiger partial charge in [-0.15, -0.1) is 0 Å². The van der Waals surface area contributed by atoms with Crippen molar-refractivity contribution in [1.29, 1.82) is 0 Å². The van der Waals surface area contributed by atoms with Crippen molar-refractivity contribution >= 4 is 0 Å². The highest BCUT2D eigenvalue weighted by Gasteiger charge is 2.69. The van der Waals surface area contributed by atoms with Crippen LogP contribution in [0.3, 0.4) is 0 Å². The zero-order valence-electron chi connectivity index (χ0n) is 49.3. The maximum absolute atomic E-state index is 12.2. The molecule has 0 unspecified atom stereocenters. The molecule has 30 nitrogen and oxygen atoms in total. The molecule has 0 amide bonds. The standard InChI is InChI=1S/C57H96O30/c1-20(19-77-50-43(72)39(68)35(64)29(14-58)79-50)7-10-57(76)21(2)34-28(87-57)12-25-23-6-5-22-11-27(26(63)13-56(22,4)24(23)8-9-55(25,34)3)78-51-46(75)42(71)47(33(18-62)83-51)84-54-49(86-53-45(74)41(70)37(66)31(16-60)81-53)48(38(67)32(17-61)82-54)85-52-44(73)40(69)36(65)30(15-59)80-52/h20-54,58-76H,5-19H2,1-4H3/t20-,21+,22+,23-,24+,25+,26-,27-,28+,29-,30-,31-,32-,33-,34+,35-,36-,37-,38-,39+,40+,41+,42-,43-,44-,45-,46-,47+,48+,49-,50-,51+,52+,53+,54+,55+,56+,57-/m1/s1. The first kappa shape index (κ1) is 68.7. The maximum Gasteiger partial charge on any atom is 0.187 e. The molecule has 38 atom stereocenters. The second-order valence-corrected chi connectivity index (χ2v) is 27.2. The Labute approximate surface area is 502 Å². The van der Waals surface area contributed by atoms with Crippen LogP contribution in [-0.2, 0) is 52.1 Å². The van der Waals surface area contributed by atoms with Crippen LogP contribution in [0.25, 0.3) is 0 Å². The van der Waals surface area contributed by atoms with E-state index < -0.39 is 205 Å². The van der Waals surface area contributed by atoms with Crippen LogP contribution < -0.4 is 0 Å². The fraction of sp³-hybridized carbons (Fsp3) is 1.00. The van der Waals surface area contributed by atoms with E-state index in [-0.39, 0.29) is 53.1 Å². The van der Waals surface area contributed by atoms with Crippen LogP contribution in [-0.4, -0.2) is 314 Å². The van der Waals surface area contributed by atoms with E-state index in [1.54, 1.807) is 0 Å². The van der Waals surface area contributed by atoms with E-state index in [1.165, 1.54) is 0 Å². The summed E-state index contributed by atoms with van der Waals surface area (Å²) in [5, 5.41) is 205. The summed E-state index contributed by atoms with van der Waals surface area (Å²) in [5.41, 5.74) is -0.457. The molecule has 87 heavy (non-hydrogen) atoms. The molecule has 4 saturated carbocycles. The Bertz CT molecular complexity index is 2220. The monoisotopic (exact) mass is 1260 g/mol. The molecule has 0 aromatic rings. The highest BCUT2D eigenvalue weighted by molar-refractivity contribution is 5.16. The summed E-state index contributed by atoms with van der Waals surface area (Å²) < 4.78 is 65.7. The molecule has 0 aromatic heterocycles. The van der Waals surface area contributed by atoms with Crippen molar-refractivity contribution in [2.24, 2.45) is 52.3 Å². The quantitative estimate of drug-likeness (QED) is 0.0534. The fourth-order valence-electron chi connectivity index (χ4n) is 17.2. The molecule has 30 heteroatoms. The molecule has 10 fully saturated rings. The Hall–Kier alpha value is -1.20. The Morgan fingerprint density at radius 3 is 1.54 bits per heavy atom. The predicted molar refractivity (Wildman–Crippen MR) is 286 cm³/mol. The van der Waals surface area contributed by atoms with Gasteiger partial charge in [-0.2, -0.15) is 0 Å². The number of hydrogen-bond donors (Lipinski definition) is 19. The fourth-order valence-corrected chi connectivity index (χ4v) is 17.2. The number of hydrogen-bond acceptors (Lipinski definition) is 30. The molecule has 0 spiro atoms. The third-order valence-corrected chi connectivity index (χ3v) is 22.2. The Kier molecular flexibility index (Phi) is 21.5. The van der Waals surface area contributed by atoms with E-state index in [2.05, 4.69) is 20.8 Å². The molecule has 10 aliphatic rings. The van der Waals surface area contributed by atoms with Crippen molar-refractivity contribution in [3.8, 4) is 0 Å². The first-order chi connectivity index (χ1) is 41.2. The van der Waals surface area contributed by atoms with Crippen molar-refractivity contribution in [2.75, 3.05) is 39.6 Å². The van der Waals surface area contributed by atoms with Gasteiger partial charge < -0.3 is 149 Å². The lowest BCUT2D eigenvalue weighted by Gasteiger charge is -2.62. The summed E-state index contributed by atoms with van der Waals surface area (Å²) in [6, 6.07) is 0. The van der Waals surface area contributed by atoms with Crippen molar-refractivity contribution in [2.45, 2.75) is 263 Å². The molecule has 0 radical (unpaired) electrons. The van der Waals surface area contributed by atoms with Crippen LogP contribution >= 0.6 is 0 Å². The van der Waals surface area contributed by atoms with Crippen LogP contribution in [0.1, 0.15) is 85.5 Å². The average Bonchev–Trinajstić information content (AvgIpc) is 1.60. The number of ether oxygens (including phenoxy) is 11. The second kappa shape index (κ2) is 27.3. The van der Waals surface area contributed by atoms with Crippen LogP contribution in [0.2, 0.25) is 0 Å². The van der Waals surface area contributed by atoms with Gasteiger partial charge in [0, 0.05) is 12.3 Å². The summed E-state index contributed by atoms with van der Waals surface area (Å²) in [4.78, 5) is 0. The third kappa shape index (κ3) is 12.6. The number of rotatable bonds is 19. The summed E-state index contributed by atoms with van der Waals surface area (Å²) in [5.74, 6) is -0.710. The number of aliphatic hydroxyl groups is 19. The van der Waals surface area contributed by atoms with E-state index >= 15 is 0 Å². The smallest absolute Gasteiger partial charge is 0.187 e. The Morgan fingerprint density at radius 1 is 0.483 bits per heavy atom. The van der Waals surface area contributed by atoms with Crippen molar-refractivity contribution in [1.82, 2.24) is 0 Å². The van der Waals surface area contributed by atoms with Crippen LogP contribution in [0.15, 0.2) is 0 Å². The first-order valence-electron chi connectivity index (χ1n) is 31.0. The predicted octanol–water partition coefficient (Wildman–Crippen LogP) is -7.16. The van der Waals surface area contributed by atoms with Crippen LogP contribution in [0.5, 0.6) is 0 Å². The molecule has 19 N–H and O–H groups in total. The molecule has 10 rings (SSSR count). The summed E-state index contributed by atoms with van der Waals surface area (Å²) in [6.45, 7) is 4.45.